The number of likely N-dealkylation sites (tertiary alicyclic amines) is 2. The van der Waals surface area contributed by atoms with E-state index in [4.69, 9.17) is 14.0 Å². The first kappa shape index (κ1) is 18.4. The van der Waals surface area contributed by atoms with Crippen LogP contribution >= 0.6 is 0 Å². The first-order valence-electron chi connectivity index (χ1n) is 9.66. The smallest absolute Gasteiger partial charge is 0.276 e. The second-order valence-electron chi connectivity index (χ2n) is 8.02. The lowest BCUT2D eigenvalue weighted by atomic mass is 9.85. The molecular weight excluding hydrogens is 350 g/mol. The zero-order valence-electron chi connectivity index (χ0n) is 16.0. The van der Waals surface area contributed by atoms with Crippen molar-refractivity contribution in [1.29, 1.82) is 0 Å². The highest BCUT2D eigenvalue weighted by atomic mass is 16.5. The number of methoxy groups -OCH3 is 1. The maximum absolute atomic E-state index is 12.7. The maximum Gasteiger partial charge on any atom is 0.276 e. The summed E-state index contributed by atoms with van der Waals surface area (Å²) < 4.78 is 16.3. The van der Waals surface area contributed by atoms with Crippen LogP contribution in [0.4, 0.5) is 0 Å². The lowest BCUT2D eigenvalue weighted by Crippen LogP contribution is -2.63. The highest BCUT2D eigenvalue weighted by Gasteiger charge is 2.52. The van der Waals surface area contributed by atoms with Crippen molar-refractivity contribution in [3.63, 3.8) is 0 Å². The van der Waals surface area contributed by atoms with E-state index in [2.05, 4.69) is 5.16 Å². The average Bonchev–Trinajstić information content (AvgIpc) is 3.34. The summed E-state index contributed by atoms with van der Waals surface area (Å²) in [6.07, 6.45) is 3.61. The van der Waals surface area contributed by atoms with Crippen LogP contribution in [0.2, 0.25) is 0 Å². The Balaban J connectivity index is 1.31. The summed E-state index contributed by atoms with van der Waals surface area (Å²) in [5, 5.41) is 3.91. The minimum atomic E-state index is -0.300. The zero-order chi connectivity index (χ0) is 19.0. The predicted octanol–water partition coefficient (Wildman–Crippen LogP) is 1.37. The second-order valence-corrected chi connectivity index (χ2v) is 8.02. The third-order valence-corrected chi connectivity index (χ3v) is 5.93. The Labute approximate surface area is 158 Å². The van der Waals surface area contributed by atoms with Crippen LogP contribution in [-0.4, -0.2) is 72.3 Å². The van der Waals surface area contributed by atoms with Crippen molar-refractivity contribution in [2.75, 3.05) is 39.9 Å². The number of nitrogens with zero attached hydrogens (tertiary/aromatic N) is 3. The van der Waals surface area contributed by atoms with Crippen molar-refractivity contribution < 1.29 is 23.6 Å². The van der Waals surface area contributed by atoms with Crippen LogP contribution in [0.15, 0.2) is 4.52 Å². The Kier molecular flexibility index (Phi) is 4.94. The summed E-state index contributed by atoms with van der Waals surface area (Å²) in [4.78, 5) is 28.8. The Morgan fingerprint density at radius 2 is 2.00 bits per heavy atom. The molecule has 3 aliphatic heterocycles. The number of carbonyl (C=O) groups excluding carboxylic acids is 2. The molecule has 0 N–H and O–H groups in total. The number of aromatic nitrogens is 1. The summed E-state index contributed by atoms with van der Waals surface area (Å²) in [6, 6.07) is 0. The summed E-state index contributed by atoms with van der Waals surface area (Å²) in [6.45, 7) is 5.53. The summed E-state index contributed by atoms with van der Waals surface area (Å²) >= 11 is 0. The minimum Gasteiger partial charge on any atom is -0.380 e. The third kappa shape index (κ3) is 3.48. The van der Waals surface area contributed by atoms with Gasteiger partial charge in [0.2, 0.25) is 5.91 Å². The average molecular weight is 377 g/mol. The van der Waals surface area contributed by atoms with Crippen molar-refractivity contribution in [2.24, 2.45) is 5.92 Å². The van der Waals surface area contributed by atoms with E-state index in [9.17, 15) is 9.59 Å². The highest BCUT2D eigenvalue weighted by molar-refractivity contribution is 5.94. The SMILES string of the molecule is COCc1c(C(=O)N2CC3(CC(CC(=O)N4CCCC4)CO3)C2)noc1C. The van der Waals surface area contributed by atoms with Gasteiger partial charge in [0.05, 0.1) is 31.9 Å². The van der Waals surface area contributed by atoms with Crippen LogP contribution in [0, 0.1) is 12.8 Å². The van der Waals surface area contributed by atoms with E-state index >= 15 is 0 Å². The molecule has 1 atom stereocenters. The van der Waals surface area contributed by atoms with E-state index in [1.807, 2.05) is 4.90 Å². The molecule has 8 heteroatoms. The second kappa shape index (κ2) is 7.24. The summed E-state index contributed by atoms with van der Waals surface area (Å²) in [5.41, 5.74) is 0.721. The van der Waals surface area contributed by atoms with Crippen molar-refractivity contribution in [3.8, 4) is 0 Å². The van der Waals surface area contributed by atoms with E-state index in [0.717, 1.165) is 32.4 Å². The van der Waals surface area contributed by atoms with Crippen molar-refractivity contribution >= 4 is 11.8 Å². The van der Waals surface area contributed by atoms with Gasteiger partial charge in [0, 0.05) is 26.6 Å². The van der Waals surface area contributed by atoms with Crippen molar-refractivity contribution in [2.45, 2.75) is 44.8 Å². The molecule has 1 aromatic rings. The normalized spacial score (nSPS) is 23.9. The van der Waals surface area contributed by atoms with Gasteiger partial charge in [-0.3, -0.25) is 9.59 Å². The molecule has 2 amide bonds. The molecule has 3 fully saturated rings. The third-order valence-electron chi connectivity index (χ3n) is 5.93. The van der Waals surface area contributed by atoms with Gasteiger partial charge in [-0.05, 0) is 32.1 Å². The Morgan fingerprint density at radius 3 is 2.70 bits per heavy atom. The number of amides is 2. The van der Waals surface area contributed by atoms with E-state index in [1.165, 1.54) is 0 Å². The van der Waals surface area contributed by atoms with E-state index < -0.39 is 0 Å². The predicted molar refractivity (Wildman–Crippen MR) is 95.1 cm³/mol. The first-order chi connectivity index (χ1) is 13.0. The van der Waals surface area contributed by atoms with Gasteiger partial charge in [0.15, 0.2) is 5.69 Å². The molecule has 0 aliphatic carbocycles. The minimum absolute atomic E-state index is 0.148. The molecule has 0 saturated carbocycles. The Morgan fingerprint density at radius 1 is 1.26 bits per heavy atom. The molecule has 0 aromatic carbocycles. The van der Waals surface area contributed by atoms with Crippen LogP contribution in [0.5, 0.6) is 0 Å². The molecule has 1 spiro atoms. The number of rotatable bonds is 5. The van der Waals surface area contributed by atoms with Gasteiger partial charge in [0.1, 0.15) is 11.4 Å². The van der Waals surface area contributed by atoms with Gasteiger partial charge in [0.25, 0.3) is 5.91 Å². The number of hydrogen-bond acceptors (Lipinski definition) is 6. The van der Waals surface area contributed by atoms with Gasteiger partial charge in [-0.15, -0.1) is 0 Å². The number of carbonyl (C=O) groups is 2. The van der Waals surface area contributed by atoms with E-state index in [-0.39, 0.29) is 23.3 Å². The van der Waals surface area contributed by atoms with Gasteiger partial charge >= 0.3 is 0 Å². The van der Waals surface area contributed by atoms with E-state index in [1.54, 1.807) is 18.9 Å². The maximum atomic E-state index is 12.7. The monoisotopic (exact) mass is 377 g/mol. The molecule has 3 saturated heterocycles. The van der Waals surface area contributed by atoms with Crippen LogP contribution < -0.4 is 0 Å². The lowest BCUT2D eigenvalue weighted by molar-refractivity contribution is -0.131. The van der Waals surface area contributed by atoms with Crippen LogP contribution in [0.3, 0.4) is 0 Å². The number of hydrogen-bond donors (Lipinski definition) is 0. The molecule has 27 heavy (non-hydrogen) atoms. The fraction of sp³-hybridized carbons (Fsp3) is 0.737. The molecule has 0 bridgehead atoms. The summed E-state index contributed by atoms with van der Waals surface area (Å²) in [7, 11) is 1.58. The van der Waals surface area contributed by atoms with Gasteiger partial charge in [-0.25, -0.2) is 0 Å². The molecular formula is C19H27N3O5. The molecule has 4 heterocycles. The molecule has 3 aliphatic rings. The molecule has 1 aromatic heterocycles. The largest absolute Gasteiger partial charge is 0.380 e. The fourth-order valence-electron chi connectivity index (χ4n) is 4.45. The van der Waals surface area contributed by atoms with Crippen LogP contribution in [-0.2, 0) is 20.9 Å². The Bertz CT molecular complexity index is 719. The van der Waals surface area contributed by atoms with Gasteiger partial charge in [-0.2, -0.15) is 0 Å². The number of ether oxygens (including phenoxy) is 2. The van der Waals surface area contributed by atoms with Crippen molar-refractivity contribution in [3.05, 3.63) is 17.0 Å². The fourth-order valence-corrected chi connectivity index (χ4v) is 4.45. The quantitative estimate of drug-likeness (QED) is 0.771. The molecule has 1 unspecified atom stereocenters. The van der Waals surface area contributed by atoms with Crippen molar-refractivity contribution in [1.82, 2.24) is 15.0 Å². The number of aryl methyl sites for hydroxylation is 1. The standard InChI is InChI=1S/C19H27N3O5/c1-13-15(10-25-2)17(20-27-13)18(24)22-11-19(12-22)8-14(9-26-19)7-16(23)21-5-3-4-6-21/h14H,3-12H2,1-2H3. The first-order valence-corrected chi connectivity index (χ1v) is 9.66. The molecule has 4 rings (SSSR count). The topological polar surface area (TPSA) is 85.1 Å². The molecule has 8 nitrogen and oxygen atoms in total. The van der Waals surface area contributed by atoms with Gasteiger partial charge in [-0.1, -0.05) is 5.16 Å². The zero-order valence-corrected chi connectivity index (χ0v) is 16.0. The summed E-state index contributed by atoms with van der Waals surface area (Å²) in [5.74, 6) is 0.944. The molecule has 0 radical (unpaired) electrons. The lowest BCUT2D eigenvalue weighted by Gasteiger charge is -2.46. The van der Waals surface area contributed by atoms with E-state index in [0.29, 0.717) is 49.7 Å². The van der Waals surface area contributed by atoms with Gasteiger partial charge < -0.3 is 23.8 Å². The highest BCUT2D eigenvalue weighted by Crippen LogP contribution is 2.40. The Hall–Kier alpha value is -1.93. The van der Waals surface area contributed by atoms with Crippen LogP contribution in [0.1, 0.15) is 47.5 Å². The molecule has 148 valence electrons. The van der Waals surface area contributed by atoms with Crippen LogP contribution in [0.25, 0.3) is 0 Å².